The van der Waals surface area contributed by atoms with Gasteiger partial charge in [-0.15, -0.1) is 12.4 Å². The monoisotopic (exact) mass is 394 g/mol. The van der Waals surface area contributed by atoms with E-state index in [1.54, 1.807) is 0 Å². The fourth-order valence-corrected chi connectivity index (χ4v) is 3.70. The lowest BCUT2D eigenvalue weighted by Crippen LogP contribution is -2.48. The highest BCUT2D eigenvalue weighted by molar-refractivity contribution is 6.10. The van der Waals surface area contributed by atoms with Crippen molar-refractivity contribution in [3.8, 4) is 0 Å². The number of para-hydroxylation sites is 1. The fraction of sp³-hybridized carbons (Fsp3) is 0.526. The van der Waals surface area contributed by atoms with Gasteiger partial charge in [0.05, 0.1) is 0 Å². The van der Waals surface area contributed by atoms with Crippen LogP contribution >= 0.6 is 12.4 Å². The standard InChI is InChI=1S/C19H26N4O3.ClH/c1-2-20-12-14-8-4-5-9-15(14)21-16(24)13-23-17(25)19(22-18(23)26)10-6-3-7-11-19;/h4-5,8-9,20H,2-3,6-7,10-13H2,1H3,(H,21,24)(H,22,26);1H. The molecule has 1 aliphatic carbocycles. The summed E-state index contributed by atoms with van der Waals surface area (Å²) in [6.07, 6.45) is 4.23. The lowest BCUT2D eigenvalue weighted by Gasteiger charge is -2.30. The van der Waals surface area contributed by atoms with Gasteiger partial charge in [0.15, 0.2) is 0 Å². The Morgan fingerprint density at radius 3 is 2.59 bits per heavy atom. The number of anilines is 1. The smallest absolute Gasteiger partial charge is 0.324 e. The maximum absolute atomic E-state index is 12.7. The Kier molecular flexibility index (Phi) is 7.21. The number of amides is 4. The summed E-state index contributed by atoms with van der Waals surface area (Å²) >= 11 is 0. The predicted octanol–water partition coefficient (Wildman–Crippen LogP) is 2.41. The topological polar surface area (TPSA) is 90.5 Å². The third-order valence-electron chi connectivity index (χ3n) is 5.11. The minimum absolute atomic E-state index is 0. The van der Waals surface area contributed by atoms with Crippen molar-refractivity contribution in [1.82, 2.24) is 15.5 Å². The summed E-state index contributed by atoms with van der Waals surface area (Å²) in [5, 5.41) is 8.88. The van der Waals surface area contributed by atoms with Gasteiger partial charge in [-0.25, -0.2) is 4.79 Å². The first-order chi connectivity index (χ1) is 12.6. The fourth-order valence-electron chi connectivity index (χ4n) is 3.70. The summed E-state index contributed by atoms with van der Waals surface area (Å²) in [7, 11) is 0. The molecule has 4 amide bonds. The van der Waals surface area contributed by atoms with Crippen LogP contribution < -0.4 is 16.0 Å². The molecule has 1 heterocycles. The van der Waals surface area contributed by atoms with E-state index in [1.165, 1.54) is 0 Å². The molecule has 1 aromatic rings. The summed E-state index contributed by atoms with van der Waals surface area (Å²) in [4.78, 5) is 38.5. The minimum atomic E-state index is -0.793. The summed E-state index contributed by atoms with van der Waals surface area (Å²) < 4.78 is 0. The van der Waals surface area contributed by atoms with Gasteiger partial charge in [-0.2, -0.15) is 0 Å². The van der Waals surface area contributed by atoms with Gasteiger partial charge in [0.25, 0.3) is 5.91 Å². The molecule has 3 rings (SSSR count). The zero-order valence-electron chi connectivity index (χ0n) is 15.5. The Bertz CT molecular complexity index is 704. The number of carbonyl (C=O) groups excluding carboxylic acids is 3. The number of benzene rings is 1. The maximum Gasteiger partial charge on any atom is 0.325 e. The van der Waals surface area contributed by atoms with Crippen LogP contribution in [-0.4, -0.2) is 41.4 Å². The molecule has 0 aromatic heterocycles. The third-order valence-corrected chi connectivity index (χ3v) is 5.11. The number of nitrogens with zero attached hydrogens (tertiary/aromatic N) is 1. The molecule has 1 aliphatic heterocycles. The Labute approximate surface area is 165 Å². The van der Waals surface area contributed by atoms with Crippen LogP contribution in [0.5, 0.6) is 0 Å². The number of imide groups is 1. The highest BCUT2D eigenvalue weighted by Gasteiger charge is 2.51. The van der Waals surface area contributed by atoms with E-state index < -0.39 is 11.6 Å². The second-order valence-corrected chi connectivity index (χ2v) is 6.95. The van der Waals surface area contributed by atoms with Gasteiger partial charge in [0.2, 0.25) is 5.91 Å². The van der Waals surface area contributed by atoms with Crippen molar-refractivity contribution in [1.29, 1.82) is 0 Å². The van der Waals surface area contributed by atoms with Gasteiger partial charge in [-0.05, 0) is 31.0 Å². The second kappa shape index (κ2) is 9.19. The molecule has 0 bridgehead atoms. The van der Waals surface area contributed by atoms with Crippen LogP contribution in [0, 0.1) is 0 Å². The highest BCUT2D eigenvalue weighted by Crippen LogP contribution is 2.33. The lowest BCUT2D eigenvalue weighted by atomic mass is 9.82. The van der Waals surface area contributed by atoms with E-state index >= 15 is 0 Å². The molecule has 3 N–H and O–H groups in total. The predicted molar refractivity (Wildman–Crippen MR) is 106 cm³/mol. The van der Waals surface area contributed by atoms with E-state index in [1.807, 2.05) is 31.2 Å². The van der Waals surface area contributed by atoms with Crippen molar-refractivity contribution >= 4 is 35.9 Å². The number of hydrogen-bond acceptors (Lipinski definition) is 4. The van der Waals surface area contributed by atoms with Gasteiger partial charge in [-0.1, -0.05) is 44.4 Å². The van der Waals surface area contributed by atoms with Gasteiger partial charge in [0, 0.05) is 12.2 Å². The van der Waals surface area contributed by atoms with E-state index in [-0.39, 0.29) is 30.8 Å². The molecule has 27 heavy (non-hydrogen) atoms. The van der Waals surface area contributed by atoms with Crippen LogP contribution in [-0.2, 0) is 16.1 Å². The lowest BCUT2D eigenvalue weighted by molar-refractivity contribution is -0.134. The molecule has 148 valence electrons. The Morgan fingerprint density at radius 1 is 1.19 bits per heavy atom. The summed E-state index contributed by atoms with van der Waals surface area (Å²) in [5.41, 5.74) is 0.861. The van der Waals surface area contributed by atoms with Crippen LogP contribution in [0.4, 0.5) is 10.5 Å². The number of hydrogen-bond donors (Lipinski definition) is 3. The second-order valence-electron chi connectivity index (χ2n) is 6.95. The van der Waals surface area contributed by atoms with Crippen molar-refractivity contribution in [2.75, 3.05) is 18.4 Å². The van der Waals surface area contributed by atoms with Crippen molar-refractivity contribution in [2.24, 2.45) is 0 Å². The van der Waals surface area contributed by atoms with Gasteiger partial charge >= 0.3 is 6.03 Å². The number of rotatable bonds is 6. The van der Waals surface area contributed by atoms with Crippen molar-refractivity contribution in [3.63, 3.8) is 0 Å². The number of halogens is 1. The largest absolute Gasteiger partial charge is 0.325 e. The average Bonchev–Trinajstić information content (AvgIpc) is 2.85. The molecule has 1 saturated heterocycles. The zero-order chi connectivity index (χ0) is 18.6. The molecule has 8 heteroatoms. The zero-order valence-corrected chi connectivity index (χ0v) is 16.4. The first-order valence-electron chi connectivity index (χ1n) is 9.28. The maximum atomic E-state index is 12.7. The van der Waals surface area contributed by atoms with E-state index in [9.17, 15) is 14.4 Å². The van der Waals surface area contributed by atoms with Crippen molar-refractivity contribution in [2.45, 2.75) is 51.1 Å². The van der Waals surface area contributed by atoms with E-state index in [4.69, 9.17) is 0 Å². The quantitative estimate of drug-likeness (QED) is 0.646. The Balaban J connectivity index is 0.00000261. The van der Waals surface area contributed by atoms with Gasteiger partial charge in [0.1, 0.15) is 12.1 Å². The van der Waals surface area contributed by atoms with Crippen LogP contribution in [0.3, 0.4) is 0 Å². The summed E-state index contributed by atoms with van der Waals surface area (Å²) in [5.74, 6) is -0.636. The van der Waals surface area contributed by atoms with Gasteiger partial charge < -0.3 is 16.0 Å². The molecule has 7 nitrogen and oxygen atoms in total. The molecular formula is C19H27ClN4O3. The van der Waals surface area contributed by atoms with E-state index in [2.05, 4.69) is 16.0 Å². The SMILES string of the molecule is CCNCc1ccccc1NC(=O)CN1C(=O)NC2(CCCCC2)C1=O.Cl. The average molecular weight is 395 g/mol. The molecule has 1 aromatic carbocycles. The van der Waals surface area contributed by atoms with Crippen LogP contribution in [0.1, 0.15) is 44.6 Å². The molecule has 2 aliphatic rings. The Morgan fingerprint density at radius 2 is 1.89 bits per heavy atom. The molecule has 2 fully saturated rings. The third kappa shape index (κ3) is 4.59. The number of nitrogens with one attached hydrogen (secondary N) is 3. The molecule has 0 radical (unpaired) electrons. The molecule has 0 atom stereocenters. The Hall–Kier alpha value is -2.12. The normalized spacial score (nSPS) is 18.2. The molecule has 1 spiro atoms. The van der Waals surface area contributed by atoms with Crippen LogP contribution in [0.25, 0.3) is 0 Å². The number of urea groups is 1. The molecule has 1 saturated carbocycles. The minimum Gasteiger partial charge on any atom is -0.324 e. The highest BCUT2D eigenvalue weighted by atomic mass is 35.5. The van der Waals surface area contributed by atoms with Crippen molar-refractivity contribution < 1.29 is 14.4 Å². The molecular weight excluding hydrogens is 368 g/mol. The molecule has 0 unspecified atom stereocenters. The van der Waals surface area contributed by atoms with E-state index in [0.717, 1.165) is 36.3 Å². The number of carbonyl (C=O) groups is 3. The van der Waals surface area contributed by atoms with Crippen LogP contribution in [0.15, 0.2) is 24.3 Å². The van der Waals surface area contributed by atoms with E-state index in [0.29, 0.717) is 25.1 Å². The summed E-state index contributed by atoms with van der Waals surface area (Å²) in [6.45, 7) is 3.22. The van der Waals surface area contributed by atoms with Gasteiger partial charge in [-0.3, -0.25) is 14.5 Å². The summed E-state index contributed by atoms with van der Waals surface area (Å²) in [6, 6.07) is 7.04. The first kappa shape index (κ1) is 21.2. The first-order valence-corrected chi connectivity index (χ1v) is 9.28. The van der Waals surface area contributed by atoms with Crippen LogP contribution in [0.2, 0.25) is 0 Å². The van der Waals surface area contributed by atoms with Crippen molar-refractivity contribution in [3.05, 3.63) is 29.8 Å².